The second-order valence-corrected chi connectivity index (χ2v) is 6.74. The number of rotatable bonds is 6. The summed E-state index contributed by atoms with van der Waals surface area (Å²) in [7, 11) is 0. The molecule has 4 heteroatoms. The van der Waals surface area contributed by atoms with Gasteiger partial charge in [0.05, 0.1) is 0 Å². The summed E-state index contributed by atoms with van der Waals surface area (Å²) in [5.41, 5.74) is 1.55. The van der Waals surface area contributed by atoms with Crippen molar-refractivity contribution in [2.24, 2.45) is 5.41 Å². The molecule has 2 N–H and O–H groups in total. The second kappa shape index (κ2) is 7.10. The van der Waals surface area contributed by atoms with E-state index in [2.05, 4.69) is 41.4 Å². The molecule has 1 aromatic rings. The zero-order valence-corrected chi connectivity index (χ0v) is 14.1. The van der Waals surface area contributed by atoms with Crippen molar-refractivity contribution in [3.05, 3.63) is 11.4 Å². The van der Waals surface area contributed by atoms with E-state index >= 15 is 0 Å². The maximum atomic E-state index is 4.59. The van der Waals surface area contributed by atoms with Crippen molar-refractivity contribution in [2.45, 2.75) is 66.2 Å². The third-order valence-corrected chi connectivity index (χ3v) is 4.54. The molecule has 1 aliphatic carbocycles. The van der Waals surface area contributed by atoms with Crippen LogP contribution in [0.4, 0.5) is 11.6 Å². The summed E-state index contributed by atoms with van der Waals surface area (Å²) >= 11 is 0. The minimum Gasteiger partial charge on any atom is -0.370 e. The summed E-state index contributed by atoms with van der Waals surface area (Å²) in [4.78, 5) is 9.12. The average molecular weight is 290 g/mol. The highest BCUT2D eigenvalue weighted by Gasteiger charge is 2.26. The molecule has 1 saturated carbocycles. The van der Waals surface area contributed by atoms with Gasteiger partial charge in [0.1, 0.15) is 17.5 Å². The standard InChI is InChI=1S/C17H30N4/c1-5-11-18-15-13(2)16(21-14(3)20-15)19-12-17(4)9-7-6-8-10-17/h5-12H2,1-4H3,(H2,18,19,20,21). The van der Waals surface area contributed by atoms with Crippen LogP contribution in [0.1, 0.15) is 63.8 Å². The number of anilines is 2. The predicted molar refractivity (Wildman–Crippen MR) is 90.0 cm³/mol. The molecule has 0 saturated heterocycles. The number of aromatic nitrogens is 2. The van der Waals surface area contributed by atoms with Crippen molar-refractivity contribution in [1.82, 2.24) is 9.97 Å². The van der Waals surface area contributed by atoms with Crippen LogP contribution in [0.2, 0.25) is 0 Å². The maximum Gasteiger partial charge on any atom is 0.134 e. The molecule has 0 aromatic carbocycles. The lowest BCUT2D eigenvalue weighted by molar-refractivity contribution is 0.233. The lowest BCUT2D eigenvalue weighted by atomic mass is 9.76. The molecular weight excluding hydrogens is 260 g/mol. The van der Waals surface area contributed by atoms with Gasteiger partial charge in [-0.2, -0.15) is 0 Å². The molecule has 0 radical (unpaired) electrons. The number of aryl methyl sites for hydroxylation is 1. The lowest BCUT2D eigenvalue weighted by Crippen LogP contribution is -2.29. The smallest absolute Gasteiger partial charge is 0.134 e. The molecular formula is C17H30N4. The van der Waals surface area contributed by atoms with E-state index in [0.29, 0.717) is 5.41 Å². The Hall–Kier alpha value is -1.32. The van der Waals surface area contributed by atoms with E-state index < -0.39 is 0 Å². The summed E-state index contributed by atoms with van der Waals surface area (Å²) < 4.78 is 0. The van der Waals surface area contributed by atoms with Crippen molar-refractivity contribution < 1.29 is 0 Å². The van der Waals surface area contributed by atoms with E-state index in [-0.39, 0.29) is 0 Å². The molecule has 1 aromatic heterocycles. The summed E-state index contributed by atoms with van der Waals surface area (Å²) in [6.07, 6.45) is 7.87. The van der Waals surface area contributed by atoms with Crippen molar-refractivity contribution in [3.8, 4) is 0 Å². The number of hydrogen-bond acceptors (Lipinski definition) is 4. The first kappa shape index (κ1) is 16.1. The van der Waals surface area contributed by atoms with Gasteiger partial charge < -0.3 is 10.6 Å². The van der Waals surface area contributed by atoms with Crippen LogP contribution in [0.5, 0.6) is 0 Å². The van der Waals surface area contributed by atoms with E-state index in [1.165, 1.54) is 32.1 Å². The third kappa shape index (κ3) is 4.32. The highest BCUT2D eigenvalue weighted by molar-refractivity contribution is 5.57. The molecule has 0 aliphatic heterocycles. The molecule has 0 spiro atoms. The van der Waals surface area contributed by atoms with Crippen LogP contribution in [0.25, 0.3) is 0 Å². The molecule has 2 rings (SSSR count). The lowest BCUT2D eigenvalue weighted by Gasteiger charge is -2.34. The van der Waals surface area contributed by atoms with Crippen molar-refractivity contribution in [1.29, 1.82) is 0 Å². The van der Waals surface area contributed by atoms with Crippen LogP contribution in [-0.4, -0.2) is 23.1 Å². The largest absolute Gasteiger partial charge is 0.370 e. The van der Waals surface area contributed by atoms with Gasteiger partial charge in [0.2, 0.25) is 0 Å². The first-order valence-corrected chi connectivity index (χ1v) is 8.37. The highest BCUT2D eigenvalue weighted by atomic mass is 15.1. The highest BCUT2D eigenvalue weighted by Crippen LogP contribution is 2.36. The monoisotopic (exact) mass is 290 g/mol. The second-order valence-electron chi connectivity index (χ2n) is 6.74. The van der Waals surface area contributed by atoms with Gasteiger partial charge >= 0.3 is 0 Å². The Morgan fingerprint density at radius 3 is 2.24 bits per heavy atom. The third-order valence-electron chi connectivity index (χ3n) is 4.54. The first-order chi connectivity index (χ1) is 10.0. The van der Waals surface area contributed by atoms with E-state index in [0.717, 1.165) is 42.5 Å². The molecule has 0 atom stereocenters. The first-order valence-electron chi connectivity index (χ1n) is 8.37. The van der Waals surface area contributed by atoms with E-state index in [1.807, 2.05) is 6.92 Å². The Bertz CT molecular complexity index is 464. The van der Waals surface area contributed by atoms with Gasteiger partial charge in [0.25, 0.3) is 0 Å². The number of nitrogens with one attached hydrogen (secondary N) is 2. The van der Waals surface area contributed by atoms with Crippen molar-refractivity contribution in [2.75, 3.05) is 23.7 Å². The summed E-state index contributed by atoms with van der Waals surface area (Å²) in [5, 5.41) is 6.99. The topological polar surface area (TPSA) is 49.8 Å². The van der Waals surface area contributed by atoms with E-state index in [4.69, 9.17) is 0 Å². The molecule has 0 bridgehead atoms. The summed E-state index contributed by atoms with van der Waals surface area (Å²) in [6.45, 7) is 10.6. The quantitative estimate of drug-likeness (QED) is 0.820. The minimum atomic E-state index is 0.417. The van der Waals surface area contributed by atoms with E-state index in [9.17, 15) is 0 Å². The van der Waals surface area contributed by atoms with Gasteiger partial charge in [-0.3, -0.25) is 0 Å². The molecule has 21 heavy (non-hydrogen) atoms. The van der Waals surface area contributed by atoms with Gasteiger partial charge in [-0.15, -0.1) is 0 Å². The van der Waals surface area contributed by atoms with Gasteiger partial charge in [0.15, 0.2) is 0 Å². The Kier molecular flexibility index (Phi) is 5.43. The molecule has 4 nitrogen and oxygen atoms in total. The van der Waals surface area contributed by atoms with Crippen LogP contribution >= 0.6 is 0 Å². The van der Waals surface area contributed by atoms with Gasteiger partial charge in [0, 0.05) is 18.7 Å². The Morgan fingerprint density at radius 1 is 1.00 bits per heavy atom. The van der Waals surface area contributed by atoms with Gasteiger partial charge in [-0.1, -0.05) is 33.1 Å². The summed E-state index contributed by atoms with van der Waals surface area (Å²) in [6, 6.07) is 0. The Labute approximate surface area is 129 Å². The molecule has 118 valence electrons. The molecule has 1 fully saturated rings. The van der Waals surface area contributed by atoms with Crippen LogP contribution in [-0.2, 0) is 0 Å². The van der Waals surface area contributed by atoms with Crippen LogP contribution < -0.4 is 10.6 Å². The Morgan fingerprint density at radius 2 is 1.62 bits per heavy atom. The van der Waals surface area contributed by atoms with Crippen molar-refractivity contribution in [3.63, 3.8) is 0 Å². The Balaban J connectivity index is 2.06. The zero-order chi connectivity index (χ0) is 15.3. The molecule has 1 aliphatic rings. The fraction of sp³-hybridized carbons (Fsp3) is 0.765. The van der Waals surface area contributed by atoms with E-state index in [1.54, 1.807) is 0 Å². The summed E-state index contributed by atoms with van der Waals surface area (Å²) in [5.74, 6) is 2.80. The normalized spacial score (nSPS) is 17.5. The number of nitrogens with zero attached hydrogens (tertiary/aromatic N) is 2. The molecule has 1 heterocycles. The SMILES string of the molecule is CCCNc1nc(C)nc(NCC2(C)CCCCC2)c1C. The van der Waals surface area contributed by atoms with Crippen LogP contribution in [0, 0.1) is 19.3 Å². The fourth-order valence-electron chi connectivity index (χ4n) is 3.10. The van der Waals surface area contributed by atoms with Crippen LogP contribution in [0.3, 0.4) is 0 Å². The number of hydrogen-bond donors (Lipinski definition) is 2. The van der Waals surface area contributed by atoms with Crippen LogP contribution in [0.15, 0.2) is 0 Å². The zero-order valence-electron chi connectivity index (χ0n) is 14.1. The minimum absolute atomic E-state index is 0.417. The van der Waals surface area contributed by atoms with Crippen molar-refractivity contribution >= 4 is 11.6 Å². The fourth-order valence-corrected chi connectivity index (χ4v) is 3.10. The maximum absolute atomic E-state index is 4.59. The molecule has 0 amide bonds. The van der Waals surface area contributed by atoms with Gasteiger partial charge in [-0.05, 0) is 38.5 Å². The predicted octanol–water partition coefficient (Wildman–Crippen LogP) is 4.30. The average Bonchev–Trinajstić information content (AvgIpc) is 2.47. The van der Waals surface area contributed by atoms with Gasteiger partial charge in [-0.25, -0.2) is 9.97 Å². The molecule has 0 unspecified atom stereocenters.